The molecule has 1 aromatic rings. The summed E-state index contributed by atoms with van der Waals surface area (Å²) in [5.74, 6) is 1.21. The lowest BCUT2D eigenvalue weighted by Crippen LogP contribution is -2.06. The molecule has 1 aliphatic rings. The van der Waals surface area contributed by atoms with Crippen molar-refractivity contribution in [3.05, 3.63) is 29.3 Å². The number of carbonyl (C=O) groups is 1. The minimum atomic E-state index is -0.280. The normalized spacial score (nSPS) is 15.2. The Balaban J connectivity index is 2.31. The summed E-state index contributed by atoms with van der Waals surface area (Å²) in [6, 6.07) is 5.74. The van der Waals surface area contributed by atoms with E-state index < -0.39 is 0 Å². The van der Waals surface area contributed by atoms with Crippen molar-refractivity contribution >= 4 is 11.5 Å². The number of ether oxygens (including phenoxy) is 3. The first-order valence-electron chi connectivity index (χ1n) is 6.88. The zero-order valence-electron chi connectivity index (χ0n) is 12.2. The van der Waals surface area contributed by atoms with Crippen LogP contribution in [0.3, 0.4) is 0 Å². The summed E-state index contributed by atoms with van der Waals surface area (Å²) in [5, 5.41) is 0. The van der Waals surface area contributed by atoms with Crippen LogP contribution in [0.25, 0.3) is 5.57 Å². The smallest absolute Gasteiger partial charge is 0.333 e. The fourth-order valence-electron chi connectivity index (χ4n) is 2.01. The van der Waals surface area contributed by atoms with Gasteiger partial charge in [-0.1, -0.05) is 6.07 Å². The van der Waals surface area contributed by atoms with Crippen LogP contribution in [-0.2, 0) is 9.53 Å². The molecule has 0 aliphatic carbocycles. The molecule has 2 rings (SSSR count). The zero-order chi connectivity index (χ0) is 14.5. The van der Waals surface area contributed by atoms with Crippen LogP contribution < -0.4 is 9.47 Å². The second-order valence-corrected chi connectivity index (χ2v) is 4.68. The number of fused-ring (bicyclic) bond motifs is 1. The summed E-state index contributed by atoms with van der Waals surface area (Å²) in [6.45, 7) is 7.18. The summed E-state index contributed by atoms with van der Waals surface area (Å²) < 4.78 is 16.3. The molecule has 0 fully saturated rings. The van der Waals surface area contributed by atoms with E-state index in [1.807, 2.05) is 25.1 Å². The van der Waals surface area contributed by atoms with Crippen LogP contribution in [0.15, 0.2) is 23.8 Å². The van der Waals surface area contributed by atoms with Crippen molar-refractivity contribution < 1.29 is 19.0 Å². The van der Waals surface area contributed by atoms with Gasteiger partial charge < -0.3 is 14.2 Å². The first-order valence-corrected chi connectivity index (χ1v) is 6.88. The Morgan fingerprint density at radius 2 is 1.90 bits per heavy atom. The summed E-state index contributed by atoms with van der Waals surface area (Å²) in [5.41, 5.74) is 2.44. The lowest BCUT2D eigenvalue weighted by atomic mass is 10.0. The van der Waals surface area contributed by atoms with Gasteiger partial charge in [-0.05, 0) is 44.0 Å². The van der Waals surface area contributed by atoms with E-state index in [0.717, 1.165) is 29.1 Å². The second kappa shape index (κ2) is 6.46. The summed E-state index contributed by atoms with van der Waals surface area (Å²) in [7, 11) is 0. The molecular weight excluding hydrogens is 256 g/mol. The molecule has 1 aromatic carbocycles. The van der Waals surface area contributed by atoms with E-state index >= 15 is 0 Å². The first-order chi connectivity index (χ1) is 9.63. The number of esters is 1. The van der Waals surface area contributed by atoms with Crippen LogP contribution in [-0.4, -0.2) is 25.8 Å². The third-order valence-electron chi connectivity index (χ3n) is 3.32. The SMILES string of the molecule is CCOC(=O)/C(C)=C(/C)c1ccc2c(c1)OCCCO2. The quantitative estimate of drug-likeness (QED) is 0.628. The molecule has 0 unspecified atom stereocenters. The number of allylic oxidation sites excluding steroid dienone is 1. The Hall–Kier alpha value is -1.97. The molecule has 1 heterocycles. The van der Waals surface area contributed by atoms with Gasteiger partial charge in [-0.15, -0.1) is 0 Å². The maximum atomic E-state index is 11.8. The number of carbonyl (C=O) groups excluding carboxylic acids is 1. The minimum absolute atomic E-state index is 0.280. The highest BCUT2D eigenvalue weighted by Crippen LogP contribution is 2.33. The average Bonchev–Trinajstić information content (AvgIpc) is 2.70. The molecule has 4 heteroatoms. The van der Waals surface area contributed by atoms with Gasteiger partial charge in [0, 0.05) is 12.0 Å². The summed E-state index contributed by atoms with van der Waals surface area (Å²) in [4.78, 5) is 11.8. The number of hydrogen-bond donors (Lipinski definition) is 0. The third kappa shape index (κ3) is 3.13. The maximum absolute atomic E-state index is 11.8. The Labute approximate surface area is 119 Å². The number of benzene rings is 1. The maximum Gasteiger partial charge on any atom is 0.333 e. The predicted octanol–water partition coefficient (Wildman–Crippen LogP) is 3.20. The van der Waals surface area contributed by atoms with Crippen molar-refractivity contribution in [2.75, 3.05) is 19.8 Å². The summed E-state index contributed by atoms with van der Waals surface area (Å²) >= 11 is 0. The van der Waals surface area contributed by atoms with E-state index in [1.54, 1.807) is 13.8 Å². The van der Waals surface area contributed by atoms with Crippen LogP contribution in [0.5, 0.6) is 11.5 Å². The van der Waals surface area contributed by atoms with Gasteiger partial charge in [0.2, 0.25) is 0 Å². The summed E-state index contributed by atoms with van der Waals surface area (Å²) in [6.07, 6.45) is 0.876. The van der Waals surface area contributed by atoms with Gasteiger partial charge in [-0.2, -0.15) is 0 Å². The molecule has 0 bridgehead atoms. The van der Waals surface area contributed by atoms with E-state index in [0.29, 0.717) is 25.4 Å². The fourth-order valence-corrected chi connectivity index (χ4v) is 2.01. The topological polar surface area (TPSA) is 44.8 Å². The Bertz CT molecular complexity index is 531. The molecule has 1 aliphatic heterocycles. The Morgan fingerprint density at radius 1 is 1.20 bits per heavy atom. The van der Waals surface area contributed by atoms with E-state index in [1.165, 1.54) is 0 Å². The average molecular weight is 276 g/mol. The Kier molecular flexibility index (Phi) is 4.66. The van der Waals surface area contributed by atoms with Gasteiger partial charge in [-0.25, -0.2) is 4.79 Å². The molecule has 0 saturated carbocycles. The molecule has 0 radical (unpaired) electrons. The molecule has 108 valence electrons. The minimum Gasteiger partial charge on any atom is -0.490 e. The lowest BCUT2D eigenvalue weighted by molar-refractivity contribution is -0.138. The molecule has 0 N–H and O–H groups in total. The molecule has 4 nitrogen and oxygen atoms in total. The van der Waals surface area contributed by atoms with Gasteiger partial charge >= 0.3 is 5.97 Å². The number of rotatable bonds is 3. The van der Waals surface area contributed by atoms with E-state index in [2.05, 4.69) is 0 Å². The van der Waals surface area contributed by atoms with Crippen molar-refractivity contribution in [3.8, 4) is 11.5 Å². The zero-order valence-corrected chi connectivity index (χ0v) is 12.2. The monoisotopic (exact) mass is 276 g/mol. The number of hydrogen-bond acceptors (Lipinski definition) is 4. The van der Waals surface area contributed by atoms with Crippen molar-refractivity contribution in [2.24, 2.45) is 0 Å². The predicted molar refractivity (Wildman–Crippen MR) is 77.0 cm³/mol. The molecule has 0 amide bonds. The van der Waals surface area contributed by atoms with E-state index in [4.69, 9.17) is 14.2 Å². The lowest BCUT2D eigenvalue weighted by Gasteiger charge is -2.11. The van der Waals surface area contributed by atoms with Crippen LogP contribution in [0, 0.1) is 0 Å². The fraction of sp³-hybridized carbons (Fsp3) is 0.438. The van der Waals surface area contributed by atoms with E-state index in [9.17, 15) is 4.79 Å². The van der Waals surface area contributed by atoms with Gasteiger partial charge in [-0.3, -0.25) is 0 Å². The molecule has 0 saturated heterocycles. The standard InChI is InChI=1S/C16H20O4/c1-4-18-16(17)12(3)11(2)13-6-7-14-15(10-13)20-9-5-8-19-14/h6-7,10H,4-5,8-9H2,1-3H3/b12-11-. The van der Waals surface area contributed by atoms with Gasteiger partial charge in [0.25, 0.3) is 0 Å². The molecule has 0 atom stereocenters. The molecule has 20 heavy (non-hydrogen) atoms. The first kappa shape index (κ1) is 14.4. The van der Waals surface area contributed by atoms with Crippen molar-refractivity contribution in [1.82, 2.24) is 0 Å². The van der Waals surface area contributed by atoms with Crippen LogP contribution in [0.1, 0.15) is 32.8 Å². The van der Waals surface area contributed by atoms with E-state index in [-0.39, 0.29) is 5.97 Å². The van der Waals surface area contributed by atoms with Gasteiger partial charge in [0.1, 0.15) is 0 Å². The van der Waals surface area contributed by atoms with Crippen LogP contribution in [0.4, 0.5) is 0 Å². The highest BCUT2D eigenvalue weighted by molar-refractivity contribution is 5.96. The highest BCUT2D eigenvalue weighted by Gasteiger charge is 2.14. The van der Waals surface area contributed by atoms with Crippen molar-refractivity contribution in [2.45, 2.75) is 27.2 Å². The third-order valence-corrected chi connectivity index (χ3v) is 3.32. The largest absolute Gasteiger partial charge is 0.490 e. The van der Waals surface area contributed by atoms with Crippen molar-refractivity contribution in [1.29, 1.82) is 0 Å². The second-order valence-electron chi connectivity index (χ2n) is 4.68. The molecule has 0 spiro atoms. The van der Waals surface area contributed by atoms with Crippen molar-refractivity contribution in [3.63, 3.8) is 0 Å². The van der Waals surface area contributed by atoms with Crippen LogP contribution in [0.2, 0.25) is 0 Å². The van der Waals surface area contributed by atoms with Gasteiger partial charge in [0.05, 0.1) is 19.8 Å². The Morgan fingerprint density at radius 3 is 2.60 bits per heavy atom. The van der Waals surface area contributed by atoms with Gasteiger partial charge in [0.15, 0.2) is 11.5 Å². The highest BCUT2D eigenvalue weighted by atomic mass is 16.5. The molecular formula is C16H20O4. The molecule has 0 aromatic heterocycles. The van der Waals surface area contributed by atoms with Crippen LogP contribution >= 0.6 is 0 Å².